The Morgan fingerprint density at radius 3 is 2.15 bits per heavy atom. The zero-order chi connectivity index (χ0) is 14.9. The minimum Gasteiger partial charge on any atom is -0.207 e. The van der Waals surface area contributed by atoms with Gasteiger partial charge in [-0.15, -0.1) is 0 Å². The second-order valence-electron chi connectivity index (χ2n) is 4.13. The van der Waals surface area contributed by atoms with Crippen LogP contribution in [-0.4, -0.2) is 0 Å². The molecule has 0 atom stereocenters. The first-order valence-electron chi connectivity index (χ1n) is 5.62. The molecule has 0 fully saturated rings. The second-order valence-corrected chi connectivity index (χ2v) is 4.13. The molecule has 0 unspecified atom stereocenters. The van der Waals surface area contributed by atoms with E-state index in [0.717, 1.165) is 18.2 Å². The van der Waals surface area contributed by atoms with Gasteiger partial charge in [0.05, 0.1) is 5.56 Å². The number of hydrogen-bond donors (Lipinski definition) is 0. The van der Waals surface area contributed by atoms with E-state index < -0.39 is 23.4 Å². The van der Waals surface area contributed by atoms with Crippen molar-refractivity contribution in [3.63, 3.8) is 0 Å². The third kappa shape index (κ3) is 2.71. The Labute approximate surface area is 112 Å². The summed E-state index contributed by atoms with van der Waals surface area (Å²) in [6, 6.07) is 5.72. The summed E-state index contributed by atoms with van der Waals surface area (Å²) in [6.45, 7) is 3.46. The Hall–Kier alpha value is -2.17. The van der Waals surface area contributed by atoms with Crippen molar-refractivity contribution in [2.45, 2.75) is 6.18 Å². The Kier molecular flexibility index (Phi) is 3.61. The van der Waals surface area contributed by atoms with Crippen LogP contribution in [0.1, 0.15) is 11.1 Å². The molecule has 0 spiro atoms. The maximum Gasteiger partial charge on any atom is 0.417 e. The van der Waals surface area contributed by atoms with Gasteiger partial charge in [-0.05, 0) is 35.4 Å². The predicted octanol–water partition coefficient (Wildman–Crippen LogP) is 5.29. The van der Waals surface area contributed by atoms with Crippen molar-refractivity contribution in [3.05, 3.63) is 65.7 Å². The molecule has 2 aromatic carbocycles. The maximum absolute atomic E-state index is 13.7. The van der Waals surface area contributed by atoms with Gasteiger partial charge in [0.15, 0.2) is 0 Å². The summed E-state index contributed by atoms with van der Waals surface area (Å²) in [5.41, 5.74) is -1.21. The summed E-state index contributed by atoms with van der Waals surface area (Å²) in [6.07, 6.45) is -3.28. The quantitative estimate of drug-likeness (QED) is 0.657. The lowest BCUT2D eigenvalue weighted by atomic mass is 9.96. The van der Waals surface area contributed by atoms with Crippen LogP contribution in [0.5, 0.6) is 0 Å². The van der Waals surface area contributed by atoms with Gasteiger partial charge in [0.2, 0.25) is 0 Å². The van der Waals surface area contributed by atoms with Crippen molar-refractivity contribution < 1.29 is 22.0 Å². The van der Waals surface area contributed by atoms with Crippen molar-refractivity contribution in [1.29, 1.82) is 0 Å². The van der Waals surface area contributed by atoms with Gasteiger partial charge in [-0.2, -0.15) is 13.2 Å². The first kappa shape index (κ1) is 14.2. The zero-order valence-corrected chi connectivity index (χ0v) is 10.1. The first-order chi connectivity index (χ1) is 9.32. The van der Waals surface area contributed by atoms with E-state index in [0.29, 0.717) is 11.6 Å². The Morgan fingerprint density at radius 1 is 0.900 bits per heavy atom. The van der Waals surface area contributed by atoms with Gasteiger partial charge in [0, 0.05) is 11.6 Å². The number of halogens is 5. The highest BCUT2D eigenvalue weighted by Gasteiger charge is 2.34. The third-order valence-corrected chi connectivity index (χ3v) is 2.81. The molecule has 0 nitrogen and oxygen atoms in total. The molecule has 0 aromatic heterocycles. The van der Waals surface area contributed by atoms with Crippen LogP contribution in [0.15, 0.2) is 43.0 Å². The van der Waals surface area contributed by atoms with Crippen molar-refractivity contribution in [3.8, 4) is 11.1 Å². The number of benzene rings is 2. The molecule has 0 saturated carbocycles. The molecule has 20 heavy (non-hydrogen) atoms. The first-order valence-corrected chi connectivity index (χ1v) is 5.62. The van der Waals surface area contributed by atoms with E-state index in [4.69, 9.17) is 0 Å². The lowest BCUT2D eigenvalue weighted by Gasteiger charge is -2.14. The standard InChI is InChI=1S/C15H9F5/c1-2-9-3-6-13(15(18,19)20)12(7-9)11-5-4-10(16)8-14(11)17/h2-8H,1H2. The molecule has 2 aromatic rings. The van der Waals surface area contributed by atoms with Crippen molar-refractivity contribution >= 4 is 6.08 Å². The molecule has 0 bridgehead atoms. The minimum absolute atomic E-state index is 0.303. The number of hydrogen-bond acceptors (Lipinski definition) is 0. The Bertz CT molecular complexity index is 656. The summed E-state index contributed by atoms with van der Waals surface area (Å²) in [7, 11) is 0. The monoisotopic (exact) mass is 284 g/mol. The van der Waals surface area contributed by atoms with Crippen LogP contribution >= 0.6 is 0 Å². The van der Waals surface area contributed by atoms with Crippen LogP contribution < -0.4 is 0 Å². The molecule has 5 heteroatoms. The van der Waals surface area contributed by atoms with Crippen LogP contribution in [0, 0.1) is 11.6 Å². The number of rotatable bonds is 2. The third-order valence-electron chi connectivity index (χ3n) is 2.81. The molecular weight excluding hydrogens is 275 g/mol. The van der Waals surface area contributed by atoms with Crippen LogP contribution in [0.3, 0.4) is 0 Å². The summed E-state index contributed by atoms with van der Waals surface area (Å²) in [5.74, 6) is -1.89. The fourth-order valence-corrected chi connectivity index (χ4v) is 1.87. The lowest BCUT2D eigenvalue weighted by molar-refractivity contribution is -0.137. The van der Waals surface area contributed by atoms with Crippen LogP contribution in [-0.2, 0) is 6.18 Å². The lowest BCUT2D eigenvalue weighted by Crippen LogP contribution is -2.08. The van der Waals surface area contributed by atoms with E-state index in [1.165, 1.54) is 18.2 Å². The summed E-state index contributed by atoms with van der Waals surface area (Å²) in [4.78, 5) is 0. The van der Waals surface area contributed by atoms with E-state index in [9.17, 15) is 22.0 Å². The summed E-state index contributed by atoms with van der Waals surface area (Å²) >= 11 is 0. The Morgan fingerprint density at radius 2 is 1.60 bits per heavy atom. The van der Waals surface area contributed by atoms with Crippen molar-refractivity contribution in [2.75, 3.05) is 0 Å². The molecule has 0 amide bonds. The molecule has 0 saturated heterocycles. The van der Waals surface area contributed by atoms with E-state index in [1.54, 1.807) is 0 Å². The van der Waals surface area contributed by atoms with E-state index >= 15 is 0 Å². The Balaban J connectivity index is 2.73. The van der Waals surface area contributed by atoms with Crippen molar-refractivity contribution in [1.82, 2.24) is 0 Å². The minimum atomic E-state index is -4.63. The topological polar surface area (TPSA) is 0 Å². The highest BCUT2D eigenvalue weighted by Crippen LogP contribution is 2.38. The average molecular weight is 284 g/mol. The van der Waals surface area contributed by atoms with E-state index in [-0.39, 0.29) is 11.1 Å². The molecule has 0 aliphatic heterocycles. The van der Waals surface area contributed by atoms with Crippen LogP contribution in [0.2, 0.25) is 0 Å². The second kappa shape index (κ2) is 5.07. The molecule has 0 aliphatic carbocycles. The molecule has 0 heterocycles. The normalized spacial score (nSPS) is 11.4. The molecule has 2 rings (SSSR count). The molecule has 0 aliphatic rings. The highest BCUT2D eigenvalue weighted by atomic mass is 19.4. The SMILES string of the molecule is C=Cc1ccc(C(F)(F)F)c(-c2ccc(F)cc2F)c1. The zero-order valence-electron chi connectivity index (χ0n) is 10.1. The van der Waals surface area contributed by atoms with Crippen LogP contribution in [0.4, 0.5) is 22.0 Å². The molecule has 0 N–H and O–H groups in total. The van der Waals surface area contributed by atoms with Crippen LogP contribution in [0.25, 0.3) is 17.2 Å². The van der Waals surface area contributed by atoms with Crippen molar-refractivity contribution in [2.24, 2.45) is 0 Å². The van der Waals surface area contributed by atoms with Gasteiger partial charge in [-0.3, -0.25) is 0 Å². The summed E-state index contributed by atoms with van der Waals surface area (Å²) in [5, 5.41) is 0. The van der Waals surface area contributed by atoms with Gasteiger partial charge in [-0.25, -0.2) is 8.78 Å². The van der Waals surface area contributed by atoms with Gasteiger partial charge in [0.25, 0.3) is 0 Å². The molecule has 104 valence electrons. The van der Waals surface area contributed by atoms with Gasteiger partial charge >= 0.3 is 6.18 Å². The predicted molar refractivity (Wildman–Crippen MR) is 66.9 cm³/mol. The van der Waals surface area contributed by atoms with Gasteiger partial charge in [-0.1, -0.05) is 18.7 Å². The summed E-state index contributed by atoms with van der Waals surface area (Å²) < 4.78 is 65.4. The highest BCUT2D eigenvalue weighted by molar-refractivity contribution is 5.71. The van der Waals surface area contributed by atoms with E-state index in [1.807, 2.05) is 0 Å². The number of alkyl halides is 3. The fourth-order valence-electron chi connectivity index (χ4n) is 1.87. The maximum atomic E-state index is 13.7. The van der Waals surface area contributed by atoms with Gasteiger partial charge in [0.1, 0.15) is 11.6 Å². The van der Waals surface area contributed by atoms with E-state index in [2.05, 4.69) is 6.58 Å². The largest absolute Gasteiger partial charge is 0.417 e. The average Bonchev–Trinajstić information content (AvgIpc) is 2.37. The smallest absolute Gasteiger partial charge is 0.207 e. The molecule has 0 radical (unpaired) electrons. The van der Waals surface area contributed by atoms with Gasteiger partial charge < -0.3 is 0 Å². The fraction of sp³-hybridized carbons (Fsp3) is 0.0667. The molecular formula is C15H9F5.